The summed E-state index contributed by atoms with van der Waals surface area (Å²) in [6.45, 7) is 7.04. The molecule has 8 nitrogen and oxygen atoms in total. The molecule has 0 aromatic heterocycles. The van der Waals surface area contributed by atoms with Gasteiger partial charge in [-0.3, -0.25) is 4.79 Å². The van der Waals surface area contributed by atoms with E-state index in [0.717, 1.165) is 37.8 Å². The van der Waals surface area contributed by atoms with Crippen molar-refractivity contribution in [3.05, 3.63) is 30.3 Å². The van der Waals surface area contributed by atoms with E-state index in [2.05, 4.69) is 17.6 Å². The molecule has 202 valence electrons. The second-order valence-electron chi connectivity index (χ2n) is 10.0. The van der Waals surface area contributed by atoms with Crippen LogP contribution in [0.15, 0.2) is 30.3 Å². The third kappa shape index (κ3) is 9.80. The Bertz CT molecular complexity index is 819. The number of para-hydroxylation sites is 1. The molecule has 0 spiro atoms. The molecule has 0 aliphatic heterocycles. The molecule has 0 radical (unpaired) electrons. The summed E-state index contributed by atoms with van der Waals surface area (Å²) in [4.78, 5) is 39.1. The molecular formula is C28H45N3O5. The Labute approximate surface area is 216 Å². The van der Waals surface area contributed by atoms with E-state index in [4.69, 9.17) is 4.74 Å². The maximum absolute atomic E-state index is 12.9. The summed E-state index contributed by atoms with van der Waals surface area (Å²) in [5.74, 6) is -1.50. The number of carboxylic acids is 1. The van der Waals surface area contributed by atoms with Crippen molar-refractivity contribution in [1.29, 1.82) is 0 Å². The first-order valence-electron chi connectivity index (χ1n) is 13.6. The molecule has 3 N–H and O–H groups in total. The number of hydrogen-bond donors (Lipinski definition) is 3. The van der Waals surface area contributed by atoms with E-state index in [1.54, 1.807) is 13.8 Å². The van der Waals surface area contributed by atoms with Crippen molar-refractivity contribution in [1.82, 2.24) is 10.2 Å². The van der Waals surface area contributed by atoms with Gasteiger partial charge < -0.3 is 25.4 Å². The number of hydrogen-bond acceptors (Lipinski definition) is 4. The second-order valence-corrected chi connectivity index (χ2v) is 10.0. The van der Waals surface area contributed by atoms with Gasteiger partial charge in [-0.15, -0.1) is 0 Å². The highest BCUT2D eigenvalue weighted by Gasteiger charge is 2.36. The molecule has 1 aromatic carbocycles. The molecule has 1 saturated carbocycles. The summed E-state index contributed by atoms with van der Waals surface area (Å²) in [5, 5.41) is 15.2. The highest BCUT2D eigenvalue weighted by molar-refractivity contribution is 5.89. The average Bonchev–Trinajstić information content (AvgIpc) is 2.88. The lowest BCUT2D eigenvalue weighted by molar-refractivity contribution is -0.148. The fourth-order valence-electron chi connectivity index (χ4n) is 4.48. The first-order chi connectivity index (χ1) is 17.3. The summed E-state index contributed by atoms with van der Waals surface area (Å²) in [6, 6.07) is 9.31. The highest BCUT2D eigenvalue weighted by Crippen LogP contribution is 2.27. The topological polar surface area (TPSA) is 108 Å². The highest BCUT2D eigenvalue weighted by atomic mass is 16.5. The molecule has 1 aliphatic rings. The van der Waals surface area contributed by atoms with E-state index in [1.165, 1.54) is 19.3 Å². The van der Waals surface area contributed by atoms with Gasteiger partial charge in [0.25, 0.3) is 0 Å². The lowest BCUT2D eigenvalue weighted by Gasteiger charge is -2.32. The smallest absolute Gasteiger partial charge is 0.329 e. The maximum Gasteiger partial charge on any atom is 0.329 e. The number of benzene rings is 1. The largest absolute Gasteiger partial charge is 0.480 e. The van der Waals surface area contributed by atoms with Crippen molar-refractivity contribution in [3.63, 3.8) is 0 Å². The number of ether oxygens (including phenoxy) is 1. The minimum atomic E-state index is -1.26. The summed E-state index contributed by atoms with van der Waals surface area (Å²) in [6.07, 6.45) is 8.87. The number of anilines is 1. The summed E-state index contributed by atoms with van der Waals surface area (Å²) < 4.78 is 6.13. The van der Waals surface area contributed by atoms with E-state index in [-0.39, 0.29) is 24.0 Å². The number of nitrogens with zero attached hydrogens (tertiary/aromatic N) is 1. The van der Waals surface area contributed by atoms with E-state index in [9.17, 15) is 19.5 Å². The normalized spacial score (nSPS) is 19.2. The molecule has 3 amide bonds. The van der Waals surface area contributed by atoms with Crippen molar-refractivity contribution >= 4 is 23.6 Å². The van der Waals surface area contributed by atoms with Gasteiger partial charge >= 0.3 is 12.0 Å². The minimum absolute atomic E-state index is 0.0733. The molecule has 2 rings (SSSR count). The summed E-state index contributed by atoms with van der Waals surface area (Å²) in [7, 11) is 0. The molecule has 0 heterocycles. The number of carbonyl (C=O) groups excluding carboxylic acids is 2. The van der Waals surface area contributed by atoms with Crippen LogP contribution < -0.4 is 10.6 Å². The lowest BCUT2D eigenvalue weighted by atomic mass is 9.85. The molecular weight excluding hydrogens is 458 g/mol. The number of aliphatic carboxylic acids is 1. The zero-order chi connectivity index (χ0) is 26.4. The van der Waals surface area contributed by atoms with Crippen molar-refractivity contribution in [2.24, 2.45) is 5.92 Å². The number of carbonyl (C=O) groups is 3. The molecule has 3 atom stereocenters. The fourth-order valence-corrected chi connectivity index (χ4v) is 4.48. The zero-order valence-electron chi connectivity index (χ0n) is 22.3. The summed E-state index contributed by atoms with van der Waals surface area (Å²) >= 11 is 0. The molecule has 8 heteroatoms. The maximum atomic E-state index is 12.9. The number of urea groups is 1. The third-order valence-electron chi connectivity index (χ3n) is 7.13. The standard InChI is InChI=1S/C28H45N3O5/c1-4-6-7-8-12-18-31(27(35)29-23-15-10-9-11-16-23)19-20-36-24-17-13-14-22(21-24)25(32)30-28(3,5-2)26(33)34/h9-11,15-16,22,24H,4-8,12-14,17-21H2,1-3H3,(H,29,35)(H,30,32)(H,33,34). The van der Waals surface area contributed by atoms with Crippen LogP contribution in [0.1, 0.15) is 85.0 Å². The number of rotatable bonds is 15. The molecule has 3 unspecified atom stereocenters. The van der Waals surface area contributed by atoms with Gasteiger partial charge in [0.05, 0.1) is 12.7 Å². The average molecular weight is 504 g/mol. The Hall–Kier alpha value is -2.61. The number of carboxylic acid groups (broad SMARTS) is 1. The van der Waals surface area contributed by atoms with Gasteiger partial charge in [-0.25, -0.2) is 9.59 Å². The minimum Gasteiger partial charge on any atom is -0.480 e. The summed E-state index contributed by atoms with van der Waals surface area (Å²) in [5.41, 5.74) is -0.491. The van der Waals surface area contributed by atoms with Crippen molar-refractivity contribution < 1.29 is 24.2 Å². The number of unbranched alkanes of at least 4 members (excludes halogenated alkanes) is 4. The van der Waals surface area contributed by atoms with Crippen LogP contribution in [0, 0.1) is 5.92 Å². The Morgan fingerprint density at radius 2 is 1.78 bits per heavy atom. The van der Waals surface area contributed by atoms with Gasteiger partial charge in [0.1, 0.15) is 5.54 Å². The van der Waals surface area contributed by atoms with Crippen LogP contribution in [0.5, 0.6) is 0 Å². The number of amides is 3. The first kappa shape index (κ1) is 29.6. The zero-order valence-corrected chi connectivity index (χ0v) is 22.3. The number of nitrogens with one attached hydrogen (secondary N) is 2. The van der Waals surface area contributed by atoms with Crippen molar-refractivity contribution in [2.45, 2.75) is 96.6 Å². The predicted octanol–water partition coefficient (Wildman–Crippen LogP) is 5.44. The Morgan fingerprint density at radius 1 is 1.06 bits per heavy atom. The molecule has 0 saturated heterocycles. The fraction of sp³-hybridized carbons (Fsp3) is 0.679. The van der Waals surface area contributed by atoms with Gasteiger partial charge in [-0.05, 0) is 51.2 Å². The molecule has 1 aliphatic carbocycles. The van der Waals surface area contributed by atoms with E-state index in [1.807, 2.05) is 35.2 Å². The van der Waals surface area contributed by atoms with E-state index >= 15 is 0 Å². The SMILES string of the molecule is CCCCCCCN(CCOC1CCCC(C(=O)NC(C)(CC)C(=O)O)C1)C(=O)Nc1ccccc1. The van der Waals surface area contributed by atoms with Crippen LogP contribution in [0.2, 0.25) is 0 Å². The monoisotopic (exact) mass is 503 g/mol. The van der Waals surface area contributed by atoms with Crippen molar-refractivity contribution in [2.75, 3.05) is 25.0 Å². The lowest BCUT2D eigenvalue weighted by Crippen LogP contribution is -2.54. The van der Waals surface area contributed by atoms with Gasteiger partial charge in [0.15, 0.2) is 0 Å². The van der Waals surface area contributed by atoms with Crippen LogP contribution in [-0.2, 0) is 14.3 Å². The second kappa shape index (κ2) is 15.5. The predicted molar refractivity (Wildman–Crippen MR) is 142 cm³/mol. The van der Waals surface area contributed by atoms with Crippen LogP contribution in [-0.4, -0.2) is 59.3 Å². The van der Waals surface area contributed by atoms with Crippen molar-refractivity contribution in [3.8, 4) is 0 Å². The molecule has 1 aromatic rings. The van der Waals surface area contributed by atoms with E-state index in [0.29, 0.717) is 32.5 Å². The first-order valence-corrected chi connectivity index (χ1v) is 13.6. The van der Waals surface area contributed by atoms with Gasteiger partial charge in [0.2, 0.25) is 5.91 Å². The molecule has 36 heavy (non-hydrogen) atoms. The van der Waals surface area contributed by atoms with Crippen LogP contribution >= 0.6 is 0 Å². The van der Waals surface area contributed by atoms with Gasteiger partial charge in [0, 0.05) is 24.7 Å². The molecule has 1 fully saturated rings. The van der Waals surface area contributed by atoms with Crippen LogP contribution in [0.3, 0.4) is 0 Å². The quantitative estimate of drug-likeness (QED) is 0.276. The van der Waals surface area contributed by atoms with Crippen LogP contribution in [0.4, 0.5) is 10.5 Å². The Kier molecular flexibility index (Phi) is 12.7. The van der Waals surface area contributed by atoms with E-state index < -0.39 is 11.5 Å². The third-order valence-corrected chi connectivity index (χ3v) is 7.13. The van der Waals surface area contributed by atoms with Gasteiger partial charge in [-0.1, -0.05) is 64.2 Å². The molecule has 0 bridgehead atoms. The Morgan fingerprint density at radius 3 is 2.44 bits per heavy atom. The van der Waals surface area contributed by atoms with Crippen LogP contribution in [0.25, 0.3) is 0 Å². The van der Waals surface area contributed by atoms with Gasteiger partial charge in [-0.2, -0.15) is 0 Å². The Balaban J connectivity index is 1.87.